The Bertz CT molecular complexity index is 455. The molecule has 4 heteroatoms. The Kier molecular flexibility index (Phi) is 5.85. The standard InChI is InChI=1S/C16H21NO3/c1-3-8-19-9-4-5-13-6-7-14(12-17-13)20-16-10-15(11-16)18-2/h6-7,12,15-16H,3,8-11H2,1-2H3. The molecule has 0 aromatic carbocycles. The number of nitrogens with zero attached hydrogens (tertiary/aromatic N) is 1. The van der Waals surface area contributed by atoms with E-state index < -0.39 is 0 Å². The van der Waals surface area contributed by atoms with Crippen molar-refractivity contribution in [3.63, 3.8) is 0 Å². The van der Waals surface area contributed by atoms with Gasteiger partial charge in [-0.05, 0) is 24.5 Å². The van der Waals surface area contributed by atoms with E-state index in [0.717, 1.165) is 37.3 Å². The minimum Gasteiger partial charge on any atom is -0.489 e. The molecule has 20 heavy (non-hydrogen) atoms. The molecule has 1 aromatic heterocycles. The van der Waals surface area contributed by atoms with Gasteiger partial charge in [-0.2, -0.15) is 0 Å². The quantitative estimate of drug-likeness (QED) is 0.590. The summed E-state index contributed by atoms with van der Waals surface area (Å²) in [7, 11) is 1.74. The highest BCUT2D eigenvalue weighted by atomic mass is 16.5. The second-order valence-electron chi connectivity index (χ2n) is 4.80. The predicted octanol–water partition coefficient (Wildman–Crippen LogP) is 2.42. The molecular formula is C16H21NO3. The van der Waals surface area contributed by atoms with Gasteiger partial charge in [0.25, 0.3) is 0 Å². The van der Waals surface area contributed by atoms with Crippen molar-refractivity contribution in [2.24, 2.45) is 0 Å². The molecule has 1 aliphatic rings. The second kappa shape index (κ2) is 7.88. The summed E-state index contributed by atoms with van der Waals surface area (Å²) < 4.78 is 16.3. The van der Waals surface area contributed by atoms with E-state index in [2.05, 4.69) is 23.7 Å². The zero-order valence-electron chi connectivity index (χ0n) is 12.1. The highest BCUT2D eigenvalue weighted by Gasteiger charge is 2.30. The van der Waals surface area contributed by atoms with Crippen molar-refractivity contribution in [1.29, 1.82) is 0 Å². The van der Waals surface area contributed by atoms with Gasteiger partial charge in [0.15, 0.2) is 0 Å². The third-order valence-electron chi connectivity index (χ3n) is 3.16. The third kappa shape index (κ3) is 4.52. The molecule has 108 valence electrons. The fraction of sp³-hybridized carbons (Fsp3) is 0.562. The molecule has 0 N–H and O–H groups in total. The van der Waals surface area contributed by atoms with Gasteiger partial charge in [0.1, 0.15) is 24.2 Å². The molecular weight excluding hydrogens is 254 g/mol. The first-order valence-electron chi connectivity index (χ1n) is 7.04. The number of hydrogen-bond donors (Lipinski definition) is 0. The third-order valence-corrected chi connectivity index (χ3v) is 3.16. The molecule has 0 aliphatic heterocycles. The van der Waals surface area contributed by atoms with Gasteiger partial charge in [-0.25, -0.2) is 4.98 Å². The van der Waals surface area contributed by atoms with Crippen LogP contribution in [0.15, 0.2) is 18.3 Å². The van der Waals surface area contributed by atoms with Crippen LogP contribution in [0.25, 0.3) is 0 Å². The number of methoxy groups -OCH3 is 1. The zero-order valence-corrected chi connectivity index (χ0v) is 12.1. The largest absolute Gasteiger partial charge is 0.489 e. The molecule has 2 rings (SSSR count). The summed E-state index contributed by atoms with van der Waals surface area (Å²) in [5.41, 5.74) is 0.737. The zero-order chi connectivity index (χ0) is 14.2. The fourth-order valence-electron chi connectivity index (χ4n) is 1.92. The first-order valence-corrected chi connectivity index (χ1v) is 7.04. The highest BCUT2D eigenvalue weighted by molar-refractivity contribution is 5.31. The van der Waals surface area contributed by atoms with Crippen LogP contribution in [0.4, 0.5) is 0 Å². The van der Waals surface area contributed by atoms with Gasteiger partial charge in [0, 0.05) is 26.6 Å². The van der Waals surface area contributed by atoms with Gasteiger partial charge in [0.2, 0.25) is 0 Å². The van der Waals surface area contributed by atoms with Crippen LogP contribution in [-0.2, 0) is 9.47 Å². The number of ether oxygens (including phenoxy) is 3. The molecule has 1 aliphatic carbocycles. The summed E-state index contributed by atoms with van der Waals surface area (Å²) in [6, 6.07) is 3.78. The molecule has 1 heterocycles. The average molecular weight is 275 g/mol. The smallest absolute Gasteiger partial charge is 0.138 e. The van der Waals surface area contributed by atoms with E-state index in [-0.39, 0.29) is 6.10 Å². The Morgan fingerprint density at radius 2 is 2.15 bits per heavy atom. The lowest BCUT2D eigenvalue weighted by molar-refractivity contribution is -0.0382. The maximum absolute atomic E-state index is 5.78. The summed E-state index contributed by atoms with van der Waals surface area (Å²) in [6.07, 6.45) is 5.23. The van der Waals surface area contributed by atoms with Crippen molar-refractivity contribution in [3.05, 3.63) is 24.0 Å². The normalized spacial score (nSPS) is 20.7. The molecule has 0 radical (unpaired) electrons. The second-order valence-corrected chi connectivity index (χ2v) is 4.80. The van der Waals surface area contributed by atoms with Crippen LogP contribution in [0.5, 0.6) is 5.75 Å². The lowest BCUT2D eigenvalue weighted by Gasteiger charge is -2.33. The summed E-state index contributed by atoms with van der Waals surface area (Å²) in [5.74, 6) is 6.70. The van der Waals surface area contributed by atoms with E-state index >= 15 is 0 Å². The van der Waals surface area contributed by atoms with Crippen LogP contribution < -0.4 is 4.74 Å². The first-order chi connectivity index (χ1) is 9.81. The molecule has 0 spiro atoms. The molecule has 1 saturated carbocycles. The van der Waals surface area contributed by atoms with Crippen molar-refractivity contribution in [2.75, 3.05) is 20.3 Å². The van der Waals surface area contributed by atoms with E-state index in [1.54, 1.807) is 13.3 Å². The topological polar surface area (TPSA) is 40.6 Å². The highest BCUT2D eigenvalue weighted by Crippen LogP contribution is 2.27. The van der Waals surface area contributed by atoms with E-state index in [1.807, 2.05) is 12.1 Å². The van der Waals surface area contributed by atoms with Gasteiger partial charge in [-0.15, -0.1) is 0 Å². The maximum atomic E-state index is 5.78. The van der Waals surface area contributed by atoms with E-state index in [0.29, 0.717) is 12.7 Å². The number of aromatic nitrogens is 1. The maximum Gasteiger partial charge on any atom is 0.138 e. The predicted molar refractivity (Wildman–Crippen MR) is 76.7 cm³/mol. The van der Waals surface area contributed by atoms with Crippen molar-refractivity contribution in [2.45, 2.75) is 38.4 Å². The van der Waals surface area contributed by atoms with Gasteiger partial charge in [-0.3, -0.25) is 0 Å². The van der Waals surface area contributed by atoms with Crippen LogP contribution >= 0.6 is 0 Å². The summed E-state index contributed by atoms with van der Waals surface area (Å²) in [5, 5.41) is 0. The van der Waals surface area contributed by atoms with E-state index in [9.17, 15) is 0 Å². The molecule has 1 fully saturated rings. The lowest BCUT2D eigenvalue weighted by atomic mass is 9.92. The lowest BCUT2D eigenvalue weighted by Crippen LogP contribution is -2.38. The van der Waals surface area contributed by atoms with Crippen molar-refractivity contribution in [3.8, 4) is 17.6 Å². The monoisotopic (exact) mass is 275 g/mol. The Labute approximate surface area is 120 Å². The minimum atomic E-state index is 0.251. The number of pyridine rings is 1. The van der Waals surface area contributed by atoms with Crippen LogP contribution in [-0.4, -0.2) is 37.5 Å². The van der Waals surface area contributed by atoms with E-state index in [1.165, 1.54) is 0 Å². The van der Waals surface area contributed by atoms with Gasteiger partial charge >= 0.3 is 0 Å². The van der Waals surface area contributed by atoms with Gasteiger partial charge in [0.05, 0.1) is 12.3 Å². The first kappa shape index (κ1) is 14.8. The Morgan fingerprint density at radius 3 is 2.80 bits per heavy atom. The molecule has 0 atom stereocenters. The van der Waals surface area contributed by atoms with Gasteiger partial charge in [-0.1, -0.05) is 12.8 Å². The van der Waals surface area contributed by atoms with Crippen molar-refractivity contribution in [1.82, 2.24) is 4.98 Å². The summed E-state index contributed by atoms with van der Waals surface area (Å²) >= 11 is 0. The number of rotatable bonds is 6. The Hall–Kier alpha value is -1.57. The number of hydrogen-bond acceptors (Lipinski definition) is 4. The molecule has 4 nitrogen and oxygen atoms in total. The van der Waals surface area contributed by atoms with Crippen molar-refractivity contribution >= 4 is 0 Å². The summed E-state index contributed by atoms with van der Waals surface area (Å²) in [6.45, 7) is 3.28. The van der Waals surface area contributed by atoms with Crippen LogP contribution in [0.3, 0.4) is 0 Å². The minimum absolute atomic E-state index is 0.251. The molecule has 0 amide bonds. The molecule has 0 saturated heterocycles. The molecule has 1 aromatic rings. The fourth-order valence-corrected chi connectivity index (χ4v) is 1.92. The van der Waals surface area contributed by atoms with Crippen molar-refractivity contribution < 1.29 is 14.2 Å². The summed E-state index contributed by atoms with van der Waals surface area (Å²) in [4.78, 5) is 4.26. The molecule has 0 bridgehead atoms. The van der Waals surface area contributed by atoms with Crippen LogP contribution in [0.1, 0.15) is 31.9 Å². The van der Waals surface area contributed by atoms with Crippen LogP contribution in [0, 0.1) is 11.8 Å². The molecule has 0 unspecified atom stereocenters. The van der Waals surface area contributed by atoms with E-state index in [4.69, 9.17) is 14.2 Å². The van der Waals surface area contributed by atoms with Gasteiger partial charge < -0.3 is 14.2 Å². The SMILES string of the molecule is CCCOCC#Cc1ccc(OC2CC(OC)C2)cn1. The Morgan fingerprint density at radius 1 is 1.30 bits per heavy atom. The Balaban J connectivity index is 1.75. The average Bonchev–Trinajstić information content (AvgIpc) is 2.43. The van der Waals surface area contributed by atoms with Crippen LogP contribution in [0.2, 0.25) is 0 Å².